The van der Waals surface area contributed by atoms with Crippen LogP contribution in [0.15, 0.2) is 89.8 Å². The van der Waals surface area contributed by atoms with Crippen molar-refractivity contribution in [3.63, 3.8) is 0 Å². The first-order chi connectivity index (χ1) is 16.1. The van der Waals surface area contributed by atoms with Crippen LogP contribution in [0.1, 0.15) is 42.0 Å². The van der Waals surface area contributed by atoms with Crippen molar-refractivity contribution in [1.29, 1.82) is 0 Å². The van der Waals surface area contributed by atoms with E-state index in [0.717, 1.165) is 34.5 Å². The molecule has 3 aromatic carbocycles. The van der Waals surface area contributed by atoms with E-state index < -0.39 is 10.0 Å². The standard InChI is InChI=1S/C27H28N2O3S/c1-2-32-26-14-7-6-11-23(26)27-22-13-8-12-21(22)24-17-20(15-16-25(24)29-27)33(30,31)28-18-19-9-4-3-5-10-19/h3-12,14-17,21-22,27-29H,2,13,18H2,1H3. The number of allylic oxidation sites excluding steroid dienone is 2. The zero-order chi connectivity index (χ0) is 22.8. The molecule has 3 aromatic rings. The number of nitrogens with one attached hydrogen (secondary N) is 2. The Kier molecular flexibility index (Phi) is 5.96. The highest BCUT2D eigenvalue weighted by atomic mass is 32.2. The molecule has 5 rings (SSSR count). The fourth-order valence-corrected chi connectivity index (χ4v) is 5.98. The van der Waals surface area contributed by atoms with Gasteiger partial charge in [-0.2, -0.15) is 0 Å². The first kappa shape index (κ1) is 21.7. The molecule has 33 heavy (non-hydrogen) atoms. The van der Waals surface area contributed by atoms with Crippen molar-refractivity contribution in [2.45, 2.75) is 36.7 Å². The van der Waals surface area contributed by atoms with Gasteiger partial charge in [-0.15, -0.1) is 0 Å². The van der Waals surface area contributed by atoms with Gasteiger partial charge in [0.15, 0.2) is 0 Å². The summed E-state index contributed by atoms with van der Waals surface area (Å²) >= 11 is 0. The summed E-state index contributed by atoms with van der Waals surface area (Å²) in [7, 11) is -3.62. The third kappa shape index (κ3) is 4.28. The molecular weight excluding hydrogens is 432 g/mol. The predicted molar refractivity (Wildman–Crippen MR) is 131 cm³/mol. The lowest BCUT2D eigenvalue weighted by Gasteiger charge is -2.38. The maximum Gasteiger partial charge on any atom is 0.240 e. The normalized spacial score (nSPS) is 21.2. The second-order valence-corrected chi connectivity index (χ2v) is 10.3. The molecule has 2 aliphatic rings. The van der Waals surface area contributed by atoms with Crippen LogP contribution in [0.4, 0.5) is 5.69 Å². The van der Waals surface area contributed by atoms with Crippen LogP contribution >= 0.6 is 0 Å². The Morgan fingerprint density at radius 1 is 1.00 bits per heavy atom. The monoisotopic (exact) mass is 460 g/mol. The summed E-state index contributed by atoms with van der Waals surface area (Å²) in [6, 6.07) is 23.2. The van der Waals surface area contributed by atoms with E-state index in [2.05, 4.69) is 28.3 Å². The number of hydrogen-bond donors (Lipinski definition) is 2. The van der Waals surface area contributed by atoms with Crippen LogP contribution in [-0.4, -0.2) is 15.0 Å². The minimum absolute atomic E-state index is 0.0962. The molecule has 3 unspecified atom stereocenters. The van der Waals surface area contributed by atoms with Crippen molar-refractivity contribution >= 4 is 15.7 Å². The third-order valence-electron chi connectivity index (χ3n) is 6.51. The molecular formula is C27H28N2O3S. The van der Waals surface area contributed by atoms with E-state index in [9.17, 15) is 8.42 Å². The number of rotatable bonds is 7. The van der Waals surface area contributed by atoms with Crippen molar-refractivity contribution < 1.29 is 13.2 Å². The van der Waals surface area contributed by atoms with Gasteiger partial charge >= 0.3 is 0 Å². The van der Waals surface area contributed by atoms with E-state index in [1.54, 1.807) is 6.07 Å². The molecule has 0 saturated carbocycles. The number of para-hydroxylation sites is 1. The second-order valence-electron chi connectivity index (χ2n) is 8.51. The lowest BCUT2D eigenvalue weighted by molar-refractivity contribution is 0.326. The number of fused-ring (bicyclic) bond motifs is 3. The number of benzene rings is 3. The lowest BCUT2D eigenvalue weighted by Crippen LogP contribution is -2.30. The molecule has 0 aromatic heterocycles. The van der Waals surface area contributed by atoms with Crippen LogP contribution in [0.2, 0.25) is 0 Å². The van der Waals surface area contributed by atoms with E-state index in [-0.39, 0.29) is 18.5 Å². The Bertz CT molecular complexity index is 1270. The molecule has 0 radical (unpaired) electrons. The first-order valence-corrected chi connectivity index (χ1v) is 12.9. The molecule has 1 heterocycles. The van der Waals surface area contributed by atoms with E-state index in [0.29, 0.717) is 17.4 Å². The Hall–Kier alpha value is -3.09. The Morgan fingerprint density at radius 2 is 1.79 bits per heavy atom. The van der Waals surface area contributed by atoms with Crippen LogP contribution in [0, 0.1) is 5.92 Å². The summed E-state index contributed by atoms with van der Waals surface area (Å²) in [5.41, 5.74) is 4.07. The van der Waals surface area contributed by atoms with Gasteiger partial charge in [-0.1, -0.05) is 60.7 Å². The summed E-state index contributed by atoms with van der Waals surface area (Å²) in [4.78, 5) is 0.297. The van der Waals surface area contributed by atoms with Crippen LogP contribution in [-0.2, 0) is 16.6 Å². The average Bonchev–Trinajstić information content (AvgIpc) is 3.34. The number of ether oxygens (including phenoxy) is 1. The fourth-order valence-electron chi connectivity index (χ4n) is 4.93. The van der Waals surface area contributed by atoms with Crippen molar-refractivity contribution in [3.8, 4) is 5.75 Å². The van der Waals surface area contributed by atoms with Gasteiger partial charge in [-0.3, -0.25) is 0 Å². The SMILES string of the molecule is CCOc1ccccc1C1Nc2ccc(S(=O)(=O)NCc3ccccc3)cc2C2C=CCC21. The van der Waals surface area contributed by atoms with Gasteiger partial charge in [0.2, 0.25) is 10.0 Å². The smallest absolute Gasteiger partial charge is 0.240 e. The Morgan fingerprint density at radius 3 is 2.61 bits per heavy atom. The van der Waals surface area contributed by atoms with E-state index in [1.165, 1.54) is 0 Å². The van der Waals surface area contributed by atoms with Crippen LogP contribution in [0.3, 0.4) is 0 Å². The number of hydrogen-bond acceptors (Lipinski definition) is 4. The van der Waals surface area contributed by atoms with E-state index >= 15 is 0 Å². The van der Waals surface area contributed by atoms with Gasteiger partial charge in [0.05, 0.1) is 17.5 Å². The van der Waals surface area contributed by atoms with Crippen molar-refractivity contribution in [2.75, 3.05) is 11.9 Å². The Balaban J connectivity index is 1.45. The number of anilines is 1. The van der Waals surface area contributed by atoms with Crippen LogP contribution < -0.4 is 14.8 Å². The molecule has 5 nitrogen and oxygen atoms in total. The van der Waals surface area contributed by atoms with Crippen molar-refractivity contribution in [3.05, 3.63) is 102 Å². The maximum absolute atomic E-state index is 13.0. The van der Waals surface area contributed by atoms with E-state index in [1.807, 2.05) is 67.6 Å². The summed E-state index contributed by atoms with van der Waals surface area (Å²) < 4.78 is 34.7. The molecule has 0 amide bonds. The largest absolute Gasteiger partial charge is 0.494 e. The van der Waals surface area contributed by atoms with Gasteiger partial charge in [0, 0.05) is 23.7 Å². The molecule has 1 aliphatic carbocycles. The summed E-state index contributed by atoms with van der Waals surface area (Å²) in [6.07, 6.45) is 5.36. The van der Waals surface area contributed by atoms with Gasteiger partial charge in [0.25, 0.3) is 0 Å². The highest BCUT2D eigenvalue weighted by Gasteiger charge is 2.39. The number of sulfonamides is 1. The molecule has 1 aliphatic heterocycles. The van der Waals surface area contributed by atoms with Crippen molar-refractivity contribution in [1.82, 2.24) is 4.72 Å². The topological polar surface area (TPSA) is 67.4 Å². The molecule has 3 atom stereocenters. The zero-order valence-electron chi connectivity index (χ0n) is 18.6. The van der Waals surface area contributed by atoms with E-state index in [4.69, 9.17) is 4.74 Å². The van der Waals surface area contributed by atoms with Gasteiger partial charge in [0.1, 0.15) is 5.75 Å². The zero-order valence-corrected chi connectivity index (χ0v) is 19.4. The maximum atomic E-state index is 13.0. The molecule has 2 N–H and O–H groups in total. The quantitative estimate of drug-likeness (QED) is 0.464. The molecule has 0 bridgehead atoms. The van der Waals surface area contributed by atoms with Crippen molar-refractivity contribution in [2.24, 2.45) is 5.92 Å². The summed E-state index contributed by atoms with van der Waals surface area (Å²) in [5.74, 6) is 1.36. The van der Waals surface area contributed by atoms with Gasteiger partial charge in [-0.25, -0.2) is 13.1 Å². The first-order valence-electron chi connectivity index (χ1n) is 11.4. The van der Waals surface area contributed by atoms with Crippen LogP contribution in [0.25, 0.3) is 0 Å². The highest BCUT2D eigenvalue weighted by molar-refractivity contribution is 7.89. The summed E-state index contributed by atoms with van der Waals surface area (Å²) in [5, 5.41) is 3.68. The highest BCUT2D eigenvalue weighted by Crippen LogP contribution is 2.51. The van der Waals surface area contributed by atoms with Gasteiger partial charge < -0.3 is 10.1 Å². The lowest BCUT2D eigenvalue weighted by atomic mass is 9.77. The summed E-state index contributed by atoms with van der Waals surface area (Å²) in [6.45, 7) is 2.87. The second kappa shape index (κ2) is 9.04. The predicted octanol–water partition coefficient (Wildman–Crippen LogP) is 5.39. The fraction of sp³-hybridized carbons (Fsp3) is 0.259. The van der Waals surface area contributed by atoms with Crippen LogP contribution in [0.5, 0.6) is 5.75 Å². The molecule has 0 saturated heterocycles. The minimum atomic E-state index is -3.62. The van der Waals surface area contributed by atoms with Gasteiger partial charge in [-0.05, 0) is 54.7 Å². The molecule has 0 spiro atoms. The third-order valence-corrected chi connectivity index (χ3v) is 7.91. The molecule has 6 heteroatoms. The Labute approximate surface area is 195 Å². The minimum Gasteiger partial charge on any atom is -0.494 e. The molecule has 0 fully saturated rings. The molecule has 170 valence electrons. The average molecular weight is 461 g/mol.